The van der Waals surface area contributed by atoms with E-state index in [-0.39, 0.29) is 5.75 Å². The fourth-order valence-electron chi connectivity index (χ4n) is 2.06. The summed E-state index contributed by atoms with van der Waals surface area (Å²) in [7, 11) is 0. The molecule has 1 N–H and O–H groups in total. The van der Waals surface area contributed by atoms with Gasteiger partial charge in [0.25, 0.3) is 0 Å². The highest BCUT2D eigenvalue weighted by Gasteiger charge is 2.09. The fraction of sp³-hybridized carbons (Fsp3) is 0.250. The molecule has 21 heavy (non-hydrogen) atoms. The fourth-order valence-corrected chi connectivity index (χ4v) is 3.09. The lowest BCUT2D eigenvalue weighted by Crippen LogP contribution is -1.98. The molecule has 1 aromatic heterocycles. The van der Waals surface area contributed by atoms with Crippen molar-refractivity contribution in [2.45, 2.75) is 24.7 Å². The lowest BCUT2D eigenvalue weighted by molar-refractivity contribution is 0.466. The summed E-state index contributed by atoms with van der Waals surface area (Å²) < 4.78 is 0. The van der Waals surface area contributed by atoms with Gasteiger partial charge < -0.3 is 5.11 Å². The number of unbranched alkanes of at least 4 members (excludes halogenated alkanes) is 1. The summed E-state index contributed by atoms with van der Waals surface area (Å²) >= 11 is 1.76. The largest absolute Gasteiger partial charge is 0.506 e. The Morgan fingerprint density at radius 2 is 1.81 bits per heavy atom. The lowest BCUT2D eigenvalue weighted by atomic mass is 10.3. The second-order valence-electron chi connectivity index (χ2n) is 4.83. The van der Waals surface area contributed by atoms with Crippen LogP contribution in [0.5, 0.6) is 5.75 Å². The molecule has 0 aliphatic rings. The van der Waals surface area contributed by atoms with E-state index in [0.717, 1.165) is 21.7 Å². The molecule has 5 heteroatoms. The topological polar surface area (TPSA) is 50.9 Å². The number of phenolic OH excluding ortho intramolecular Hbond substituents is 1. The maximum atomic E-state index is 10.2. The molecule has 2 aromatic carbocycles. The van der Waals surface area contributed by atoms with Crippen molar-refractivity contribution >= 4 is 22.8 Å². The second-order valence-corrected chi connectivity index (χ2v) is 6.00. The van der Waals surface area contributed by atoms with Crippen LogP contribution in [-0.4, -0.2) is 25.9 Å². The van der Waals surface area contributed by atoms with Crippen LogP contribution in [-0.2, 0) is 0 Å². The number of hydrogen-bond donors (Lipinski definition) is 1. The zero-order valence-corrected chi connectivity index (χ0v) is 12.7. The van der Waals surface area contributed by atoms with Crippen LogP contribution in [0.3, 0.4) is 0 Å². The standard InChI is InChI=1S/C16H17N3OS/c1-2-3-10-21-12-8-9-15(16(20)11-12)19-17-13-6-4-5-7-14(13)18-19/h4-9,11,20H,2-3,10H2,1H3. The van der Waals surface area contributed by atoms with Gasteiger partial charge in [0, 0.05) is 4.90 Å². The van der Waals surface area contributed by atoms with Crippen LogP contribution in [0.15, 0.2) is 47.4 Å². The SMILES string of the molecule is CCCCSc1ccc(-n2nc3ccccc3n2)c(O)c1. The minimum atomic E-state index is 0.205. The van der Waals surface area contributed by atoms with Crippen molar-refractivity contribution in [1.82, 2.24) is 15.0 Å². The Hall–Kier alpha value is -2.01. The van der Waals surface area contributed by atoms with Crippen molar-refractivity contribution in [3.8, 4) is 11.4 Å². The summed E-state index contributed by atoms with van der Waals surface area (Å²) in [5.41, 5.74) is 2.24. The van der Waals surface area contributed by atoms with Gasteiger partial charge in [-0.3, -0.25) is 0 Å². The molecule has 0 aliphatic heterocycles. The van der Waals surface area contributed by atoms with E-state index in [0.29, 0.717) is 5.69 Å². The predicted molar refractivity (Wildman–Crippen MR) is 86.2 cm³/mol. The molecule has 0 radical (unpaired) electrons. The van der Waals surface area contributed by atoms with Gasteiger partial charge in [-0.15, -0.1) is 26.8 Å². The third kappa shape index (κ3) is 3.03. The van der Waals surface area contributed by atoms with Crippen LogP contribution in [0.1, 0.15) is 19.8 Å². The smallest absolute Gasteiger partial charge is 0.144 e. The van der Waals surface area contributed by atoms with Gasteiger partial charge in [0.2, 0.25) is 0 Å². The van der Waals surface area contributed by atoms with Gasteiger partial charge in [-0.2, -0.15) is 0 Å². The van der Waals surface area contributed by atoms with Gasteiger partial charge in [-0.25, -0.2) is 0 Å². The number of rotatable bonds is 5. The quantitative estimate of drug-likeness (QED) is 0.571. The molecule has 1 heterocycles. The Balaban J connectivity index is 1.88. The Morgan fingerprint density at radius 3 is 2.43 bits per heavy atom. The van der Waals surface area contributed by atoms with Gasteiger partial charge in [-0.05, 0) is 42.5 Å². The number of nitrogens with zero attached hydrogens (tertiary/aromatic N) is 3. The normalized spacial score (nSPS) is 11.1. The summed E-state index contributed by atoms with van der Waals surface area (Å²) in [4.78, 5) is 2.56. The number of aromatic nitrogens is 3. The minimum Gasteiger partial charge on any atom is -0.506 e. The van der Waals surface area contributed by atoms with Crippen LogP contribution >= 0.6 is 11.8 Å². The first-order valence-corrected chi connectivity index (χ1v) is 8.05. The van der Waals surface area contributed by atoms with Crippen LogP contribution in [0.25, 0.3) is 16.7 Å². The summed E-state index contributed by atoms with van der Waals surface area (Å²) in [6.45, 7) is 2.18. The Morgan fingerprint density at radius 1 is 1.10 bits per heavy atom. The Bertz CT molecular complexity index is 721. The van der Waals surface area contributed by atoms with E-state index in [4.69, 9.17) is 0 Å². The van der Waals surface area contributed by atoms with E-state index in [9.17, 15) is 5.11 Å². The van der Waals surface area contributed by atoms with Gasteiger partial charge >= 0.3 is 0 Å². The van der Waals surface area contributed by atoms with Gasteiger partial charge in [0.05, 0.1) is 0 Å². The number of fused-ring (bicyclic) bond motifs is 1. The first-order valence-electron chi connectivity index (χ1n) is 7.06. The molecule has 3 aromatic rings. The first kappa shape index (κ1) is 13.9. The highest BCUT2D eigenvalue weighted by atomic mass is 32.2. The molecule has 108 valence electrons. The summed E-state index contributed by atoms with van der Waals surface area (Å²) in [6, 6.07) is 13.3. The maximum Gasteiger partial charge on any atom is 0.144 e. The maximum absolute atomic E-state index is 10.2. The van der Waals surface area contributed by atoms with Gasteiger partial charge in [0.15, 0.2) is 0 Å². The number of phenols is 1. The second kappa shape index (κ2) is 6.18. The van der Waals surface area contributed by atoms with E-state index in [1.807, 2.05) is 36.4 Å². The third-order valence-corrected chi connectivity index (χ3v) is 4.30. The number of benzene rings is 2. The molecule has 0 spiro atoms. The van der Waals surface area contributed by atoms with Crippen molar-refractivity contribution < 1.29 is 5.11 Å². The van der Waals surface area contributed by atoms with Crippen molar-refractivity contribution in [3.63, 3.8) is 0 Å². The van der Waals surface area contributed by atoms with Crippen molar-refractivity contribution in [1.29, 1.82) is 0 Å². The average Bonchev–Trinajstić information content (AvgIpc) is 2.91. The van der Waals surface area contributed by atoms with Crippen LogP contribution < -0.4 is 0 Å². The van der Waals surface area contributed by atoms with Crippen LogP contribution in [0.2, 0.25) is 0 Å². The molecule has 0 bridgehead atoms. The number of aromatic hydroxyl groups is 1. The summed E-state index contributed by atoms with van der Waals surface area (Å²) in [6.07, 6.45) is 2.36. The molecule has 4 nitrogen and oxygen atoms in total. The Labute approximate surface area is 127 Å². The zero-order valence-electron chi connectivity index (χ0n) is 11.9. The highest BCUT2D eigenvalue weighted by molar-refractivity contribution is 7.99. The van der Waals surface area contributed by atoms with Crippen LogP contribution in [0.4, 0.5) is 0 Å². The van der Waals surface area contributed by atoms with Crippen molar-refractivity contribution in [3.05, 3.63) is 42.5 Å². The van der Waals surface area contributed by atoms with E-state index in [1.165, 1.54) is 17.6 Å². The molecule has 0 fully saturated rings. The van der Waals surface area contributed by atoms with Crippen LogP contribution in [0, 0.1) is 0 Å². The molecule has 0 saturated heterocycles. The lowest BCUT2D eigenvalue weighted by Gasteiger charge is -2.06. The molecular formula is C16H17N3OS. The highest BCUT2D eigenvalue weighted by Crippen LogP contribution is 2.28. The number of thioether (sulfide) groups is 1. The molecule has 0 saturated carbocycles. The summed E-state index contributed by atoms with van der Waals surface area (Å²) in [5.74, 6) is 1.27. The molecule has 0 atom stereocenters. The first-order chi connectivity index (χ1) is 10.3. The van der Waals surface area contributed by atoms with Gasteiger partial charge in [-0.1, -0.05) is 25.5 Å². The molecule has 0 aliphatic carbocycles. The van der Waals surface area contributed by atoms with E-state index in [2.05, 4.69) is 17.1 Å². The van der Waals surface area contributed by atoms with Crippen molar-refractivity contribution in [2.24, 2.45) is 0 Å². The van der Waals surface area contributed by atoms with E-state index < -0.39 is 0 Å². The van der Waals surface area contributed by atoms with E-state index in [1.54, 1.807) is 17.8 Å². The van der Waals surface area contributed by atoms with E-state index >= 15 is 0 Å². The number of hydrogen-bond acceptors (Lipinski definition) is 4. The molecular weight excluding hydrogens is 282 g/mol. The zero-order chi connectivity index (χ0) is 14.7. The minimum absolute atomic E-state index is 0.205. The molecule has 3 rings (SSSR count). The Kier molecular flexibility index (Phi) is 4.10. The third-order valence-electron chi connectivity index (χ3n) is 3.22. The average molecular weight is 299 g/mol. The monoisotopic (exact) mass is 299 g/mol. The summed E-state index contributed by atoms with van der Waals surface area (Å²) in [5, 5.41) is 19.0. The molecule has 0 unspecified atom stereocenters. The molecule has 0 amide bonds. The van der Waals surface area contributed by atoms with Gasteiger partial charge in [0.1, 0.15) is 22.5 Å². The van der Waals surface area contributed by atoms with Crippen molar-refractivity contribution in [2.75, 3.05) is 5.75 Å². The predicted octanol–water partition coefficient (Wildman–Crippen LogP) is 4.02.